The van der Waals surface area contributed by atoms with Gasteiger partial charge in [0.2, 0.25) is 0 Å². The molecule has 2 aliphatic heterocycles. The summed E-state index contributed by atoms with van der Waals surface area (Å²) < 4.78 is 11.0. The van der Waals surface area contributed by atoms with Crippen LogP contribution in [0.15, 0.2) is 52.3 Å². The smallest absolute Gasteiger partial charge is 0.152 e. The molecular formula is C23H31ClN2O3S. The maximum atomic E-state index is 9.40. The minimum absolute atomic E-state index is 0. The molecule has 164 valence electrons. The van der Waals surface area contributed by atoms with Gasteiger partial charge in [-0.15, -0.1) is 12.4 Å². The molecule has 0 spiro atoms. The normalized spacial score (nSPS) is 17.6. The Morgan fingerprint density at radius 1 is 1.07 bits per heavy atom. The largest absolute Gasteiger partial charge is 0.497 e. The minimum Gasteiger partial charge on any atom is -0.497 e. The summed E-state index contributed by atoms with van der Waals surface area (Å²) in [4.78, 5) is 7.54. The number of hydrogen-bond acceptors (Lipinski definition) is 6. The number of halogens is 1. The number of likely N-dealkylation sites (tertiary alicyclic amines) is 1. The third kappa shape index (κ3) is 5.42. The molecule has 0 amide bonds. The molecule has 0 aromatic heterocycles. The number of nitrogens with zero attached hydrogens (tertiary/aromatic N) is 2. The van der Waals surface area contributed by atoms with Gasteiger partial charge in [0.1, 0.15) is 5.75 Å². The van der Waals surface area contributed by atoms with Gasteiger partial charge in [-0.2, -0.15) is 0 Å². The summed E-state index contributed by atoms with van der Waals surface area (Å²) >= 11 is 1.83. The summed E-state index contributed by atoms with van der Waals surface area (Å²) in [6.07, 6.45) is 2.61. The van der Waals surface area contributed by atoms with Gasteiger partial charge in [0.15, 0.2) is 6.29 Å². The molecule has 1 fully saturated rings. The fourth-order valence-corrected chi connectivity index (χ4v) is 5.25. The number of aliphatic hydroxyl groups is 1. The molecule has 1 saturated heterocycles. The molecule has 0 bridgehead atoms. The Morgan fingerprint density at radius 2 is 1.80 bits per heavy atom. The van der Waals surface area contributed by atoms with E-state index >= 15 is 0 Å². The third-order valence-electron chi connectivity index (χ3n) is 5.61. The number of anilines is 2. The monoisotopic (exact) mass is 450 g/mol. The lowest BCUT2D eigenvalue weighted by Gasteiger charge is -2.35. The van der Waals surface area contributed by atoms with Crippen molar-refractivity contribution in [2.24, 2.45) is 0 Å². The molecule has 2 aromatic rings. The Balaban J connectivity index is 0.00000256. The predicted octanol–water partition coefficient (Wildman–Crippen LogP) is 4.93. The van der Waals surface area contributed by atoms with Gasteiger partial charge in [-0.05, 0) is 57.0 Å². The molecule has 2 aromatic carbocycles. The minimum atomic E-state index is -0.666. The van der Waals surface area contributed by atoms with E-state index in [2.05, 4.69) is 46.2 Å². The molecule has 2 heterocycles. The first kappa shape index (κ1) is 23.2. The van der Waals surface area contributed by atoms with Crippen LogP contribution in [0, 0.1) is 0 Å². The van der Waals surface area contributed by atoms with Gasteiger partial charge >= 0.3 is 0 Å². The van der Waals surface area contributed by atoms with Crippen LogP contribution in [0.2, 0.25) is 0 Å². The topological polar surface area (TPSA) is 45.2 Å². The van der Waals surface area contributed by atoms with E-state index in [1.165, 1.54) is 21.2 Å². The van der Waals surface area contributed by atoms with Crippen molar-refractivity contribution >= 4 is 35.5 Å². The second-order valence-corrected chi connectivity index (χ2v) is 8.77. The van der Waals surface area contributed by atoms with Gasteiger partial charge in [0.05, 0.1) is 24.6 Å². The quantitative estimate of drug-likeness (QED) is 0.603. The number of para-hydroxylation sites is 1. The molecule has 1 unspecified atom stereocenters. The average molecular weight is 451 g/mol. The van der Waals surface area contributed by atoms with Crippen LogP contribution in [0.1, 0.15) is 26.2 Å². The van der Waals surface area contributed by atoms with E-state index in [0.717, 1.165) is 51.2 Å². The van der Waals surface area contributed by atoms with Crippen LogP contribution in [0.3, 0.4) is 0 Å². The average Bonchev–Trinajstić information content (AvgIpc) is 2.73. The third-order valence-corrected chi connectivity index (χ3v) is 6.74. The zero-order chi connectivity index (χ0) is 20.2. The highest BCUT2D eigenvalue weighted by atomic mass is 35.5. The number of methoxy groups -OCH3 is 1. The first-order chi connectivity index (χ1) is 14.1. The Morgan fingerprint density at radius 3 is 2.53 bits per heavy atom. The van der Waals surface area contributed by atoms with Gasteiger partial charge < -0.3 is 24.4 Å². The van der Waals surface area contributed by atoms with Crippen LogP contribution in [0.4, 0.5) is 11.4 Å². The number of hydrogen-bond donors (Lipinski definition) is 1. The lowest BCUT2D eigenvalue weighted by molar-refractivity contribution is -0.136. The van der Waals surface area contributed by atoms with E-state index in [4.69, 9.17) is 9.47 Å². The number of fused-ring (bicyclic) bond motifs is 2. The summed E-state index contributed by atoms with van der Waals surface area (Å²) in [5, 5.41) is 9.40. The van der Waals surface area contributed by atoms with E-state index in [-0.39, 0.29) is 18.5 Å². The van der Waals surface area contributed by atoms with Gasteiger partial charge in [-0.25, -0.2) is 0 Å². The lowest BCUT2D eigenvalue weighted by Crippen LogP contribution is -2.39. The Hall–Kier alpha value is -1.44. The lowest BCUT2D eigenvalue weighted by atomic mass is 10.1. The molecular weight excluding hydrogens is 420 g/mol. The van der Waals surface area contributed by atoms with Crippen molar-refractivity contribution in [3.63, 3.8) is 0 Å². The van der Waals surface area contributed by atoms with Crippen LogP contribution < -0.4 is 9.64 Å². The number of aliphatic hydroxyl groups excluding tert-OH is 1. The van der Waals surface area contributed by atoms with Crippen molar-refractivity contribution in [3.8, 4) is 5.75 Å². The molecule has 1 N–H and O–H groups in total. The van der Waals surface area contributed by atoms with Crippen molar-refractivity contribution in [1.29, 1.82) is 0 Å². The van der Waals surface area contributed by atoms with Crippen LogP contribution in [-0.2, 0) is 4.74 Å². The fourth-order valence-electron chi connectivity index (χ4n) is 4.18. The molecule has 1 atom stereocenters. The summed E-state index contributed by atoms with van der Waals surface area (Å²) in [7, 11) is 1.72. The molecule has 30 heavy (non-hydrogen) atoms. The van der Waals surface area contributed by atoms with Gasteiger partial charge in [0, 0.05) is 35.5 Å². The Kier molecular flexibility index (Phi) is 8.31. The maximum absolute atomic E-state index is 9.40. The molecule has 0 aliphatic carbocycles. The highest BCUT2D eigenvalue weighted by Gasteiger charge is 2.25. The predicted molar refractivity (Wildman–Crippen MR) is 125 cm³/mol. The first-order valence-electron chi connectivity index (χ1n) is 10.4. The van der Waals surface area contributed by atoms with Crippen LogP contribution in [0.5, 0.6) is 5.75 Å². The standard InChI is InChI=1S/C23H30N2O3S.ClH/c1-17(26)28-18-10-14-24(15-11-18)12-5-13-25-20-6-3-4-7-22(20)29-23-9-8-19(27-2)16-21(23)25;/h3-4,6-9,16-18,26H,5,10-15H2,1-2H3;1H. The highest BCUT2D eigenvalue weighted by molar-refractivity contribution is 7.99. The summed E-state index contributed by atoms with van der Waals surface area (Å²) in [5.74, 6) is 0.897. The van der Waals surface area contributed by atoms with Crippen LogP contribution in [0.25, 0.3) is 0 Å². The van der Waals surface area contributed by atoms with Crippen molar-refractivity contribution < 1.29 is 14.6 Å². The van der Waals surface area contributed by atoms with Crippen molar-refractivity contribution in [2.75, 3.05) is 38.2 Å². The fraction of sp³-hybridized carbons (Fsp3) is 0.478. The number of piperidine rings is 1. The summed E-state index contributed by atoms with van der Waals surface area (Å²) in [5.41, 5.74) is 2.51. The van der Waals surface area contributed by atoms with Gasteiger partial charge in [-0.1, -0.05) is 23.9 Å². The van der Waals surface area contributed by atoms with Crippen molar-refractivity contribution in [2.45, 2.75) is 48.4 Å². The van der Waals surface area contributed by atoms with Crippen molar-refractivity contribution in [3.05, 3.63) is 42.5 Å². The first-order valence-corrected chi connectivity index (χ1v) is 11.2. The number of rotatable bonds is 7. The zero-order valence-corrected chi connectivity index (χ0v) is 19.3. The molecule has 5 nitrogen and oxygen atoms in total. The highest BCUT2D eigenvalue weighted by Crippen LogP contribution is 2.49. The maximum Gasteiger partial charge on any atom is 0.152 e. The Labute approximate surface area is 189 Å². The van der Waals surface area contributed by atoms with E-state index in [9.17, 15) is 5.11 Å². The SMILES string of the molecule is COc1ccc2c(c1)N(CCCN1CCC(OC(C)O)CC1)c1ccccc1S2.Cl. The Bertz CT molecular complexity index is 828. The number of benzene rings is 2. The van der Waals surface area contributed by atoms with Crippen LogP contribution >= 0.6 is 24.2 Å². The van der Waals surface area contributed by atoms with Crippen molar-refractivity contribution in [1.82, 2.24) is 4.90 Å². The summed E-state index contributed by atoms with van der Waals surface area (Å²) in [6, 6.07) is 15.0. The van der Waals surface area contributed by atoms with Gasteiger partial charge in [0.25, 0.3) is 0 Å². The van der Waals surface area contributed by atoms with E-state index in [1.807, 2.05) is 17.8 Å². The van der Waals surface area contributed by atoms with Gasteiger partial charge in [-0.3, -0.25) is 0 Å². The van der Waals surface area contributed by atoms with E-state index in [1.54, 1.807) is 14.0 Å². The zero-order valence-electron chi connectivity index (χ0n) is 17.6. The summed E-state index contributed by atoms with van der Waals surface area (Å²) in [6.45, 7) is 5.81. The molecule has 0 saturated carbocycles. The molecule has 7 heteroatoms. The molecule has 2 aliphatic rings. The van der Waals surface area contributed by atoms with Crippen LogP contribution in [-0.4, -0.2) is 55.7 Å². The van der Waals surface area contributed by atoms with E-state index in [0.29, 0.717) is 0 Å². The second-order valence-electron chi connectivity index (χ2n) is 7.69. The molecule has 0 radical (unpaired) electrons. The van der Waals surface area contributed by atoms with E-state index < -0.39 is 6.29 Å². The molecule has 4 rings (SSSR count). The second kappa shape index (κ2) is 10.7. The number of ether oxygens (including phenoxy) is 2.